The van der Waals surface area contributed by atoms with Crippen molar-refractivity contribution in [1.82, 2.24) is 29.4 Å². The van der Waals surface area contributed by atoms with Gasteiger partial charge >= 0.3 is 0 Å². The smallest absolute Gasteiger partial charge is 0.231 e. The fraction of sp³-hybridized carbons (Fsp3) is 0.273. The van der Waals surface area contributed by atoms with E-state index in [0.29, 0.717) is 23.2 Å². The SMILES string of the molecule is Fc1ccc(-c2noc(C3CCCN(Cn4ncn(-c5ccccc5)c4=S)C3)n2)cc1. The Morgan fingerprint density at radius 3 is 2.71 bits per heavy atom. The van der Waals surface area contributed by atoms with Gasteiger partial charge in [0.1, 0.15) is 12.1 Å². The summed E-state index contributed by atoms with van der Waals surface area (Å²) in [6, 6.07) is 16.1. The van der Waals surface area contributed by atoms with Crippen LogP contribution in [0.4, 0.5) is 4.39 Å². The van der Waals surface area contributed by atoms with E-state index in [1.54, 1.807) is 18.5 Å². The Bertz CT molecular complexity index is 1220. The molecule has 1 unspecified atom stereocenters. The van der Waals surface area contributed by atoms with Crippen LogP contribution in [-0.2, 0) is 6.67 Å². The van der Waals surface area contributed by atoms with Crippen LogP contribution in [0.5, 0.6) is 0 Å². The Morgan fingerprint density at radius 1 is 1.10 bits per heavy atom. The van der Waals surface area contributed by atoms with E-state index in [2.05, 4.69) is 20.1 Å². The largest absolute Gasteiger partial charge is 0.339 e. The summed E-state index contributed by atoms with van der Waals surface area (Å²) in [5, 5.41) is 8.57. The van der Waals surface area contributed by atoms with E-state index in [4.69, 9.17) is 16.7 Å². The number of hydrogen-bond acceptors (Lipinski definition) is 6. The van der Waals surface area contributed by atoms with Crippen LogP contribution in [0, 0.1) is 10.6 Å². The molecular weight excluding hydrogens is 415 g/mol. The molecule has 3 heterocycles. The number of para-hydroxylation sites is 1. The highest BCUT2D eigenvalue weighted by Gasteiger charge is 2.26. The fourth-order valence-electron chi connectivity index (χ4n) is 3.89. The van der Waals surface area contributed by atoms with Gasteiger partial charge in [0, 0.05) is 17.8 Å². The van der Waals surface area contributed by atoms with E-state index in [9.17, 15) is 4.39 Å². The van der Waals surface area contributed by atoms with Gasteiger partial charge in [-0.25, -0.2) is 9.07 Å². The predicted molar refractivity (Wildman–Crippen MR) is 116 cm³/mol. The van der Waals surface area contributed by atoms with E-state index in [1.165, 1.54) is 12.1 Å². The lowest BCUT2D eigenvalue weighted by Crippen LogP contribution is -2.36. The first-order chi connectivity index (χ1) is 15.2. The highest BCUT2D eigenvalue weighted by molar-refractivity contribution is 7.71. The number of nitrogens with zero attached hydrogens (tertiary/aromatic N) is 6. The molecule has 0 bridgehead atoms. The number of hydrogen-bond donors (Lipinski definition) is 0. The van der Waals surface area contributed by atoms with Crippen LogP contribution in [0.15, 0.2) is 65.4 Å². The van der Waals surface area contributed by atoms with Gasteiger partial charge in [0.05, 0.1) is 12.6 Å². The average molecular weight is 437 g/mol. The van der Waals surface area contributed by atoms with Crippen LogP contribution in [0.3, 0.4) is 0 Å². The molecule has 0 amide bonds. The van der Waals surface area contributed by atoms with Gasteiger partial charge in [0.25, 0.3) is 0 Å². The Hall–Kier alpha value is -3.17. The van der Waals surface area contributed by atoms with Gasteiger partial charge in [-0.05, 0) is 68.0 Å². The summed E-state index contributed by atoms with van der Waals surface area (Å²) in [5.41, 5.74) is 1.73. The van der Waals surface area contributed by atoms with Crippen LogP contribution < -0.4 is 0 Å². The molecule has 0 spiro atoms. The quantitative estimate of drug-likeness (QED) is 0.431. The lowest BCUT2D eigenvalue weighted by atomic mass is 9.98. The molecule has 2 aromatic heterocycles. The summed E-state index contributed by atoms with van der Waals surface area (Å²) in [6.07, 6.45) is 3.75. The van der Waals surface area contributed by atoms with Crippen LogP contribution in [-0.4, -0.2) is 42.5 Å². The summed E-state index contributed by atoms with van der Waals surface area (Å²) in [4.78, 5) is 6.86. The number of rotatable bonds is 5. The van der Waals surface area contributed by atoms with Gasteiger partial charge in [-0.15, -0.1) is 0 Å². The topological polar surface area (TPSA) is 64.9 Å². The second kappa shape index (κ2) is 8.52. The summed E-state index contributed by atoms with van der Waals surface area (Å²) in [6.45, 7) is 2.34. The molecule has 158 valence electrons. The van der Waals surface area contributed by atoms with Gasteiger partial charge in [0.2, 0.25) is 16.5 Å². The predicted octanol–water partition coefficient (Wildman–Crippen LogP) is 4.43. The minimum Gasteiger partial charge on any atom is -0.339 e. The second-order valence-corrected chi connectivity index (χ2v) is 8.00. The molecule has 2 aromatic carbocycles. The Morgan fingerprint density at radius 2 is 1.90 bits per heavy atom. The molecule has 0 N–H and O–H groups in total. The minimum absolute atomic E-state index is 0.140. The van der Waals surface area contributed by atoms with Crippen molar-refractivity contribution in [3.63, 3.8) is 0 Å². The van der Waals surface area contributed by atoms with Gasteiger partial charge in [-0.1, -0.05) is 23.4 Å². The highest BCUT2D eigenvalue weighted by Crippen LogP contribution is 2.28. The van der Waals surface area contributed by atoms with Gasteiger partial charge < -0.3 is 4.52 Å². The summed E-state index contributed by atoms with van der Waals surface area (Å²) >= 11 is 5.63. The molecule has 5 rings (SSSR count). The van der Waals surface area contributed by atoms with E-state index >= 15 is 0 Å². The van der Waals surface area contributed by atoms with Crippen molar-refractivity contribution in [2.45, 2.75) is 25.4 Å². The third kappa shape index (κ3) is 4.19. The normalized spacial score (nSPS) is 17.1. The van der Waals surface area contributed by atoms with Crippen molar-refractivity contribution in [3.05, 3.63) is 77.4 Å². The molecule has 1 atom stereocenters. The summed E-state index contributed by atoms with van der Waals surface area (Å²) in [7, 11) is 0. The molecule has 1 saturated heterocycles. The summed E-state index contributed by atoms with van der Waals surface area (Å²) in [5.74, 6) is 0.947. The Kier molecular flexibility index (Phi) is 5.44. The lowest BCUT2D eigenvalue weighted by Gasteiger charge is -2.30. The molecule has 0 aliphatic carbocycles. The number of halogens is 1. The molecule has 0 radical (unpaired) electrons. The van der Waals surface area contributed by atoms with E-state index in [0.717, 1.165) is 37.2 Å². The number of likely N-dealkylation sites (tertiary alicyclic amines) is 1. The van der Waals surface area contributed by atoms with E-state index in [1.807, 2.05) is 39.6 Å². The van der Waals surface area contributed by atoms with Crippen molar-refractivity contribution < 1.29 is 8.91 Å². The molecule has 1 aliphatic rings. The van der Waals surface area contributed by atoms with Crippen molar-refractivity contribution in [2.75, 3.05) is 13.1 Å². The molecule has 1 aliphatic heterocycles. The zero-order valence-corrected chi connectivity index (χ0v) is 17.6. The van der Waals surface area contributed by atoms with Crippen LogP contribution >= 0.6 is 12.2 Å². The number of benzene rings is 2. The fourth-order valence-corrected chi connectivity index (χ4v) is 4.15. The third-order valence-corrected chi connectivity index (χ3v) is 5.91. The molecular formula is C22H21FN6OS. The zero-order chi connectivity index (χ0) is 21.2. The molecule has 7 nitrogen and oxygen atoms in total. The molecule has 31 heavy (non-hydrogen) atoms. The number of piperidine rings is 1. The Labute approximate surface area is 183 Å². The minimum atomic E-state index is -0.288. The zero-order valence-electron chi connectivity index (χ0n) is 16.8. The molecule has 1 fully saturated rings. The van der Waals surface area contributed by atoms with Gasteiger partial charge in [-0.3, -0.25) is 9.47 Å². The van der Waals surface area contributed by atoms with Crippen molar-refractivity contribution in [1.29, 1.82) is 0 Å². The van der Waals surface area contributed by atoms with Gasteiger partial charge in [0.15, 0.2) is 0 Å². The van der Waals surface area contributed by atoms with Crippen LogP contribution in [0.1, 0.15) is 24.7 Å². The maximum absolute atomic E-state index is 13.2. The maximum Gasteiger partial charge on any atom is 0.231 e. The lowest BCUT2D eigenvalue weighted by molar-refractivity contribution is 0.143. The average Bonchev–Trinajstić information content (AvgIpc) is 3.43. The van der Waals surface area contributed by atoms with Crippen molar-refractivity contribution in [2.24, 2.45) is 0 Å². The van der Waals surface area contributed by atoms with Crippen LogP contribution in [0.2, 0.25) is 0 Å². The molecule has 9 heteroatoms. The first-order valence-corrected chi connectivity index (χ1v) is 10.6. The monoisotopic (exact) mass is 436 g/mol. The number of aromatic nitrogens is 5. The van der Waals surface area contributed by atoms with Gasteiger partial charge in [-0.2, -0.15) is 10.1 Å². The van der Waals surface area contributed by atoms with E-state index < -0.39 is 0 Å². The maximum atomic E-state index is 13.2. The highest BCUT2D eigenvalue weighted by atomic mass is 32.1. The van der Waals surface area contributed by atoms with Crippen LogP contribution in [0.25, 0.3) is 17.1 Å². The van der Waals surface area contributed by atoms with Crippen molar-refractivity contribution >= 4 is 12.2 Å². The Balaban J connectivity index is 1.29. The molecule has 4 aromatic rings. The van der Waals surface area contributed by atoms with E-state index in [-0.39, 0.29) is 11.7 Å². The van der Waals surface area contributed by atoms with Crippen molar-refractivity contribution in [3.8, 4) is 17.1 Å². The first kappa shape index (κ1) is 19.8. The third-order valence-electron chi connectivity index (χ3n) is 5.50. The summed E-state index contributed by atoms with van der Waals surface area (Å²) < 4.78 is 23.1. The standard InChI is InChI=1S/C22H21FN6OS/c23-18-10-8-16(9-11-18)20-25-21(30-26-20)17-5-4-12-27(13-17)15-29-22(31)28(14-24-29)19-6-2-1-3-7-19/h1-3,6-11,14,17H,4-5,12-13,15H2. The molecule has 0 saturated carbocycles. The second-order valence-electron chi connectivity index (χ2n) is 7.64. The first-order valence-electron chi connectivity index (χ1n) is 10.2.